The lowest BCUT2D eigenvalue weighted by molar-refractivity contribution is -0.914. The molecule has 0 aliphatic carbocycles. The lowest BCUT2D eigenvalue weighted by Crippen LogP contribution is -2.49. The highest BCUT2D eigenvalue weighted by Gasteiger charge is 2.24. The molecule has 0 spiro atoms. The van der Waals surface area contributed by atoms with E-state index in [0.29, 0.717) is 5.92 Å². The number of nitrogens with one attached hydrogen (secondary N) is 1. The van der Waals surface area contributed by atoms with E-state index in [0.717, 1.165) is 24.9 Å². The van der Waals surface area contributed by atoms with Crippen LogP contribution in [-0.4, -0.2) is 43.6 Å². The Hall–Kier alpha value is -1.35. The third-order valence-corrected chi connectivity index (χ3v) is 5.59. The van der Waals surface area contributed by atoms with E-state index in [1.807, 2.05) is 6.92 Å². The van der Waals surface area contributed by atoms with Crippen molar-refractivity contribution in [3.05, 3.63) is 35.4 Å². The average molecular weight is 346 g/mol. The standard InChI is InChI=1S/C22H36N2O/c1-18(2)17-20-9-11-21(12-10-20)19(3)22(25)23-13-8-16-24(4)14-6-5-7-15-24/h9-12,18-19H,5-8,13-17H2,1-4H3/p+1/t19-/m1/s1. The van der Waals surface area contributed by atoms with Crippen LogP contribution in [0.15, 0.2) is 24.3 Å². The number of likely N-dealkylation sites (tertiary alicyclic amines) is 1. The first-order valence-electron chi connectivity index (χ1n) is 10.1. The van der Waals surface area contributed by atoms with E-state index < -0.39 is 0 Å². The second-order valence-corrected chi connectivity index (χ2v) is 8.56. The van der Waals surface area contributed by atoms with Crippen molar-refractivity contribution in [1.82, 2.24) is 5.32 Å². The molecule has 0 bridgehead atoms. The molecule has 0 unspecified atom stereocenters. The minimum absolute atomic E-state index is 0.0761. The van der Waals surface area contributed by atoms with Crippen molar-refractivity contribution in [1.29, 1.82) is 0 Å². The molecule has 1 aromatic rings. The van der Waals surface area contributed by atoms with Gasteiger partial charge in [-0.25, -0.2) is 0 Å². The molecule has 3 nitrogen and oxygen atoms in total. The molecule has 1 saturated heterocycles. The normalized spacial score (nSPS) is 18.1. The summed E-state index contributed by atoms with van der Waals surface area (Å²) in [5.74, 6) is 0.738. The summed E-state index contributed by atoms with van der Waals surface area (Å²) in [6.45, 7) is 11.0. The molecule has 1 amide bonds. The summed E-state index contributed by atoms with van der Waals surface area (Å²) in [6.07, 6.45) is 6.26. The molecule has 1 aliphatic heterocycles. The molecule has 3 heteroatoms. The quantitative estimate of drug-likeness (QED) is 0.557. The lowest BCUT2D eigenvalue weighted by atomic mass is 9.96. The molecule has 2 rings (SSSR count). The van der Waals surface area contributed by atoms with Gasteiger partial charge in [0.05, 0.1) is 32.6 Å². The van der Waals surface area contributed by atoms with Crippen LogP contribution in [0.1, 0.15) is 63.5 Å². The first-order valence-corrected chi connectivity index (χ1v) is 10.1. The van der Waals surface area contributed by atoms with E-state index in [1.54, 1.807) is 0 Å². The minimum atomic E-state index is -0.0761. The molecule has 1 N–H and O–H groups in total. The van der Waals surface area contributed by atoms with E-state index in [2.05, 4.69) is 50.5 Å². The second-order valence-electron chi connectivity index (χ2n) is 8.56. The summed E-state index contributed by atoms with van der Waals surface area (Å²) >= 11 is 0. The number of quaternary nitrogens is 1. The Morgan fingerprint density at radius 3 is 2.32 bits per heavy atom. The fourth-order valence-electron chi connectivity index (χ4n) is 3.89. The highest BCUT2D eigenvalue weighted by atomic mass is 16.1. The molecular weight excluding hydrogens is 308 g/mol. The van der Waals surface area contributed by atoms with E-state index in [4.69, 9.17) is 0 Å². The smallest absolute Gasteiger partial charge is 0.227 e. The van der Waals surface area contributed by atoms with Gasteiger partial charge in [0.25, 0.3) is 0 Å². The molecule has 140 valence electrons. The molecule has 0 aromatic heterocycles. The summed E-state index contributed by atoms with van der Waals surface area (Å²) < 4.78 is 1.18. The summed E-state index contributed by atoms with van der Waals surface area (Å²) in [5.41, 5.74) is 2.46. The number of rotatable bonds is 8. The van der Waals surface area contributed by atoms with Crippen molar-refractivity contribution in [3.8, 4) is 0 Å². The molecule has 0 saturated carbocycles. The van der Waals surface area contributed by atoms with Crippen LogP contribution < -0.4 is 5.32 Å². The van der Waals surface area contributed by atoms with Gasteiger partial charge in [0.1, 0.15) is 0 Å². The molecule has 1 aromatic carbocycles. The van der Waals surface area contributed by atoms with Crippen molar-refractivity contribution in [2.75, 3.05) is 33.2 Å². The van der Waals surface area contributed by atoms with E-state index in [9.17, 15) is 4.79 Å². The number of carbonyl (C=O) groups is 1. The summed E-state index contributed by atoms with van der Waals surface area (Å²) in [4.78, 5) is 12.4. The van der Waals surface area contributed by atoms with Gasteiger partial charge < -0.3 is 9.80 Å². The largest absolute Gasteiger partial charge is 0.355 e. The van der Waals surface area contributed by atoms with Gasteiger partial charge in [-0.05, 0) is 49.7 Å². The van der Waals surface area contributed by atoms with Crippen LogP contribution in [0.3, 0.4) is 0 Å². The van der Waals surface area contributed by atoms with Crippen LogP contribution in [0.2, 0.25) is 0 Å². The Kier molecular flexibility index (Phi) is 7.49. The Balaban J connectivity index is 1.74. The van der Waals surface area contributed by atoms with Crippen molar-refractivity contribution >= 4 is 5.91 Å². The van der Waals surface area contributed by atoms with Gasteiger partial charge in [0.2, 0.25) is 5.91 Å². The lowest BCUT2D eigenvalue weighted by Gasteiger charge is -2.37. The van der Waals surface area contributed by atoms with Gasteiger partial charge in [-0.2, -0.15) is 0 Å². The Bertz CT molecular complexity index is 529. The zero-order chi connectivity index (χ0) is 18.3. The number of carbonyl (C=O) groups excluding carboxylic acids is 1. The number of nitrogens with zero attached hydrogens (tertiary/aromatic N) is 1. The van der Waals surface area contributed by atoms with Gasteiger partial charge in [-0.1, -0.05) is 38.1 Å². The van der Waals surface area contributed by atoms with Gasteiger partial charge in [-0.3, -0.25) is 4.79 Å². The molecule has 1 heterocycles. The average Bonchev–Trinajstić information content (AvgIpc) is 2.59. The third-order valence-electron chi connectivity index (χ3n) is 5.59. The fourth-order valence-corrected chi connectivity index (χ4v) is 3.89. The summed E-state index contributed by atoms with van der Waals surface area (Å²) in [7, 11) is 2.36. The maximum absolute atomic E-state index is 12.4. The zero-order valence-corrected chi connectivity index (χ0v) is 16.7. The Labute approximate surface area is 154 Å². The molecular formula is C22H37N2O+. The van der Waals surface area contributed by atoms with Crippen LogP contribution in [0.4, 0.5) is 0 Å². The maximum Gasteiger partial charge on any atom is 0.227 e. The fraction of sp³-hybridized carbons (Fsp3) is 0.682. The van der Waals surface area contributed by atoms with Crippen LogP contribution >= 0.6 is 0 Å². The van der Waals surface area contributed by atoms with Crippen molar-refractivity contribution in [2.45, 2.75) is 58.8 Å². The summed E-state index contributed by atoms with van der Waals surface area (Å²) in [6, 6.07) is 8.56. The van der Waals surface area contributed by atoms with E-state index >= 15 is 0 Å². The SMILES string of the molecule is CC(C)Cc1ccc([C@@H](C)C(=O)NCCC[N+]2(C)CCCCC2)cc1. The maximum atomic E-state index is 12.4. The molecule has 0 radical (unpaired) electrons. The topological polar surface area (TPSA) is 29.1 Å². The minimum Gasteiger partial charge on any atom is -0.355 e. The molecule has 1 fully saturated rings. The van der Waals surface area contributed by atoms with Gasteiger partial charge in [-0.15, -0.1) is 0 Å². The van der Waals surface area contributed by atoms with E-state index in [1.165, 1.54) is 48.9 Å². The number of hydrogen-bond donors (Lipinski definition) is 1. The monoisotopic (exact) mass is 345 g/mol. The highest BCUT2D eigenvalue weighted by molar-refractivity contribution is 5.83. The van der Waals surface area contributed by atoms with E-state index in [-0.39, 0.29) is 11.8 Å². The van der Waals surface area contributed by atoms with Crippen molar-refractivity contribution in [3.63, 3.8) is 0 Å². The first-order chi connectivity index (χ1) is 11.9. The summed E-state index contributed by atoms with van der Waals surface area (Å²) in [5, 5.41) is 3.14. The van der Waals surface area contributed by atoms with Crippen LogP contribution in [0.5, 0.6) is 0 Å². The van der Waals surface area contributed by atoms with Crippen molar-refractivity contribution in [2.24, 2.45) is 5.92 Å². The highest BCUT2D eigenvalue weighted by Crippen LogP contribution is 2.18. The van der Waals surface area contributed by atoms with Crippen molar-refractivity contribution < 1.29 is 9.28 Å². The number of benzene rings is 1. The van der Waals surface area contributed by atoms with Gasteiger partial charge >= 0.3 is 0 Å². The zero-order valence-electron chi connectivity index (χ0n) is 16.7. The number of piperidine rings is 1. The number of amides is 1. The molecule has 25 heavy (non-hydrogen) atoms. The predicted octanol–water partition coefficient (Wildman–Crippen LogP) is 4.13. The second kappa shape index (κ2) is 9.38. The van der Waals surface area contributed by atoms with Crippen LogP contribution in [0, 0.1) is 5.92 Å². The van der Waals surface area contributed by atoms with Crippen LogP contribution in [-0.2, 0) is 11.2 Å². The molecule has 1 aliphatic rings. The molecule has 1 atom stereocenters. The van der Waals surface area contributed by atoms with Gasteiger partial charge in [0, 0.05) is 13.0 Å². The first kappa shape index (κ1) is 20.0. The number of hydrogen-bond acceptors (Lipinski definition) is 1. The predicted molar refractivity (Wildman–Crippen MR) is 106 cm³/mol. The third kappa shape index (κ3) is 6.47. The Morgan fingerprint density at radius 1 is 1.08 bits per heavy atom. The van der Waals surface area contributed by atoms with Crippen LogP contribution in [0.25, 0.3) is 0 Å². The van der Waals surface area contributed by atoms with Gasteiger partial charge in [0.15, 0.2) is 0 Å². The Morgan fingerprint density at radius 2 is 1.72 bits per heavy atom.